The lowest BCUT2D eigenvalue weighted by Crippen LogP contribution is -2.09. The van der Waals surface area contributed by atoms with E-state index in [-0.39, 0.29) is 0 Å². The monoisotopic (exact) mass is 591 g/mol. The Hall–Kier alpha value is -6.06. The molecular formula is C43H33N3. The molecule has 2 heterocycles. The standard InChI is InChI=1S/C43H33N3/c1-3-14-42-37(4-2)40-29-31-21-26-41-38(39(31)30-43(40)46(42)35-19-12-7-13-20-35)27-28-44(41)32-22-24-36(25-23-32)45(33-15-8-5-9-16-33)34-17-10-6-11-18-34/h3-30H,2H2,1H3/b14-3-. The van der Waals surface area contributed by atoms with Crippen molar-refractivity contribution in [3.8, 4) is 11.4 Å². The van der Waals surface area contributed by atoms with Crippen molar-refractivity contribution in [1.29, 1.82) is 0 Å². The fraction of sp³-hybridized carbons (Fsp3) is 0.0233. The zero-order valence-corrected chi connectivity index (χ0v) is 25.7. The van der Waals surface area contributed by atoms with Gasteiger partial charge in [-0.15, -0.1) is 0 Å². The van der Waals surface area contributed by atoms with Gasteiger partial charge in [0, 0.05) is 51.0 Å². The molecule has 0 radical (unpaired) electrons. The highest BCUT2D eigenvalue weighted by Gasteiger charge is 2.18. The molecule has 8 aromatic rings. The van der Waals surface area contributed by atoms with Gasteiger partial charge in [0.05, 0.1) is 16.7 Å². The van der Waals surface area contributed by atoms with E-state index in [0.29, 0.717) is 0 Å². The largest absolute Gasteiger partial charge is 0.317 e. The molecule has 220 valence electrons. The molecule has 6 aromatic carbocycles. The molecule has 0 spiro atoms. The van der Waals surface area contributed by atoms with Crippen LogP contribution >= 0.6 is 0 Å². The van der Waals surface area contributed by atoms with E-state index in [1.165, 1.54) is 32.6 Å². The highest BCUT2D eigenvalue weighted by atomic mass is 15.1. The molecule has 3 heteroatoms. The summed E-state index contributed by atoms with van der Waals surface area (Å²) in [5.74, 6) is 0. The molecule has 0 fully saturated rings. The molecule has 0 saturated heterocycles. The van der Waals surface area contributed by atoms with Crippen molar-refractivity contribution in [3.05, 3.63) is 176 Å². The maximum Gasteiger partial charge on any atom is 0.0547 e. The second kappa shape index (κ2) is 11.5. The van der Waals surface area contributed by atoms with Crippen molar-refractivity contribution < 1.29 is 0 Å². The molecule has 0 atom stereocenters. The van der Waals surface area contributed by atoms with Crippen molar-refractivity contribution in [2.75, 3.05) is 4.90 Å². The summed E-state index contributed by atoms with van der Waals surface area (Å²) in [4.78, 5) is 2.29. The van der Waals surface area contributed by atoms with Crippen LogP contribution in [0.2, 0.25) is 0 Å². The molecule has 0 amide bonds. The van der Waals surface area contributed by atoms with Gasteiger partial charge in [-0.05, 0) is 109 Å². The molecule has 0 aliphatic heterocycles. The third-order valence-electron chi connectivity index (χ3n) is 8.81. The lowest BCUT2D eigenvalue weighted by Gasteiger charge is -2.25. The maximum atomic E-state index is 4.20. The molecule has 0 unspecified atom stereocenters. The fourth-order valence-corrected chi connectivity index (χ4v) is 6.76. The fourth-order valence-electron chi connectivity index (χ4n) is 6.76. The van der Waals surface area contributed by atoms with Crippen molar-refractivity contribution >= 4 is 61.8 Å². The maximum absolute atomic E-state index is 4.20. The number of rotatable bonds is 7. The van der Waals surface area contributed by atoms with Crippen LogP contribution in [-0.4, -0.2) is 9.13 Å². The summed E-state index contributed by atoms with van der Waals surface area (Å²) in [7, 11) is 0. The van der Waals surface area contributed by atoms with Gasteiger partial charge in [-0.1, -0.05) is 79.4 Å². The van der Waals surface area contributed by atoms with E-state index >= 15 is 0 Å². The first-order valence-corrected chi connectivity index (χ1v) is 15.7. The molecule has 2 aromatic heterocycles. The van der Waals surface area contributed by atoms with Gasteiger partial charge in [-0.2, -0.15) is 0 Å². The van der Waals surface area contributed by atoms with Crippen LogP contribution in [0.5, 0.6) is 0 Å². The molecule has 0 aliphatic carbocycles. The van der Waals surface area contributed by atoms with Gasteiger partial charge in [-0.25, -0.2) is 0 Å². The molecule has 0 aliphatic rings. The zero-order valence-electron chi connectivity index (χ0n) is 25.7. The van der Waals surface area contributed by atoms with Crippen LogP contribution in [0.25, 0.3) is 56.1 Å². The second-order valence-electron chi connectivity index (χ2n) is 11.5. The first-order chi connectivity index (χ1) is 22.7. The number of anilines is 3. The van der Waals surface area contributed by atoms with Gasteiger partial charge < -0.3 is 14.0 Å². The van der Waals surface area contributed by atoms with Crippen LogP contribution in [0.1, 0.15) is 18.2 Å². The minimum Gasteiger partial charge on any atom is -0.317 e. The number of benzene rings is 6. The molecule has 8 rings (SSSR count). The van der Waals surface area contributed by atoms with E-state index in [0.717, 1.165) is 39.7 Å². The summed E-state index contributed by atoms with van der Waals surface area (Å²) in [5, 5.41) is 4.88. The number of aromatic nitrogens is 2. The van der Waals surface area contributed by atoms with Gasteiger partial charge in [0.15, 0.2) is 0 Å². The molecule has 3 nitrogen and oxygen atoms in total. The predicted molar refractivity (Wildman–Crippen MR) is 197 cm³/mol. The second-order valence-corrected chi connectivity index (χ2v) is 11.5. The number of hydrogen-bond acceptors (Lipinski definition) is 1. The molecular weight excluding hydrogens is 558 g/mol. The smallest absolute Gasteiger partial charge is 0.0547 e. The minimum atomic E-state index is 1.11. The van der Waals surface area contributed by atoms with E-state index in [1.54, 1.807) is 0 Å². The molecule has 0 bridgehead atoms. The average Bonchev–Trinajstić information content (AvgIpc) is 3.68. The summed E-state index contributed by atoms with van der Waals surface area (Å²) in [6, 6.07) is 51.9. The summed E-state index contributed by atoms with van der Waals surface area (Å²) in [6.45, 7) is 6.26. The zero-order chi connectivity index (χ0) is 31.0. The summed E-state index contributed by atoms with van der Waals surface area (Å²) in [5.41, 5.74) is 10.3. The Kier molecular flexibility index (Phi) is 6.85. The van der Waals surface area contributed by atoms with E-state index in [1.807, 2.05) is 6.08 Å². The van der Waals surface area contributed by atoms with Crippen LogP contribution in [0.15, 0.2) is 164 Å². The first-order valence-electron chi connectivity index (χ1n) is 15.7. The number of allylic oxidation sites excluding steroid dienone is 1. The van der Waals surface area contributed by atoms with Gasteiger partial charge in [-0.3, -0.25) is 0 Å². The Balaban J connectivity index is 1.26. The summed E-state index contributed by atoms with van der Waals surface area (Å²) in [6.07, 6.45) is 8.45. The normalized spacial score (nSPS) is 11.6. The quantitative estimate of drug-likeness (QED) is 0.180. The average molecular weight is 592 g/mol. The van der Waals surface area contributed by atoms with Gasteiger partial charge in [0.25, 0.3) is 0 Å². The number of nitrogens with zero attached hydrogens (tertiary/aromatic N) is 3. The van der Waals surface area contributed by atoms with E-state index < -0.39 is 0 Å². The Morgan fingerprint density at radius 2 is 1.20 bits per heavy atom. The number of fused-ring (bicyclic) bond motifs is 4. The number of hydrogen-bond donors (Lipinski definition) is 0. The van der Waals surface area contributed by atoms with Crippen LogP contribution in [0, 0.1) is 0 Å². The van der Waals surface area contributed by atoms with Crippen molar-refractivity contribution in [3.63, 3.8) is 0 Å². The third-order valence-corrected chi connectivity index (χ3v) is 8.81. The first kappa shape index (κ1) is 27.5. The lowest BCUT2D eigenvalue weighted by molar-refractivity contribution is 1.11. The van der Waals surface area contributed by atoms with Gasteiger partial charge >= 0.3 is 0 Å². The SMILES string of the molecule is C=Cc1c(/C=C\C)n(-c2ccccc2)c2cc3c(ccc4c3ccn4-c3ccc(N(c4ccccc4)c4ccccc4)cc3)cc12. The third kappa shape index (κ3) is 4.53. The van der Waals surface area contributed by atoms with E-state index in [2.05, 4.69) is 191 Å². The lowest BCUT2D eigenvalue weighted by atomic mass is 10.0. The van der Waals surface area contributed by atoms with Crippen molar-refractivity contribution in [1.82, 2.24) is 9.13 Å². The van der Waals surface area contributed by atoms with Crippen molar-refractivity contribution in [2.45, 2.75) is 6.92 Å². The highest BCUT2D eigenvalue weighted by Crippen LogP contribution is 2.38. The Labute approximate surface area is 269 Å². The van der Waals surface area contributed by atoms with Crippen molar-refractivity contribution in [2.24, 2.45) is 0 Å². The Morgan fingerprint density at radius 1 is 0.565 bits per heavy atom. The molecule has 0 saturated carbocycles. The Morgan fingerprint density at radius 3 is 1.83 bits per heavy atom. The minimum absolute atomic E-state index is 1.11. The van der Waals surface area contributed by atoms with E-state index in [9.17, 15) is 0 Å². The summed E-state index contributed by atoms with van der Waals surface area (Å²) < 4.78 is 4.64. The van der Waals surface area contributed by atoms with Gasteiger partial charge in [0.2, 0.25) is 0 Å². The predicted octanol–water partition coefficient (Wildman–Crippen LogP) is 11.9. The highest BCUT2D eigenvalue weighted by molar-refractivity contribution is 6.13. The van der Waals surface area contributed by atoms with Gasteiger partial charge in [0.1, 0.15) is 0 Å². The molecule has 46 heavy (non-hydrogen) atoms. The van der Waals surface area contributed by atoms with Crippen LogP contribution in [0.4, 0.5) is 17.1 Å². The number of para-hydroxylation sites is 3. The van der Waals surface area contributed by atoms with Crippen LogP contribution in [-0.2, 0) is 0 Å². The van der Waals surface area contributed by atoms with Crippen LogP contribution < -0.4 is 4.90 Å². The van der Waals surface area contributed by atoms with Crippen LogP contribution in [0.3, 0.4) is 0 Å². The summed E-state index contributed by atoms with van der Waals surface area (Å²) >= 11 is 0. The Bertz CT molecular complexity index is 2320. The van der Waals surface area contributed by atoms with E-state index in [4.69, 9.17) is 0 Å². The topological polar surface area (TPSA) is 13.1 Å². The molecule has 0 N–H and O–H groups in total.